The second-order valence-corrected chi connectivity index (χ2v) is 4.13. The van der Waals surface area contributed by atoms with Gasteiger partial charge in [-0.15, -0.1) is 6.42 Å². The zero-order valence-electron chi connectivity index (χ0n) is 9.88. The fraction of sp³-hybridized carbons (Fsp3) is 0.308. The Kier molecular flexibility index (Phi) is 4.86. The van der Waals surface area contributed by atoms with Crippen LogP contribution in [-0.2, 0) is 4.79 Å². The van der Waals surface area contributed by atoms with Crippen LogP contribution in [0.25, 0.3) is 0 Å². The van der Waals surface area contributed by atoms with Crippen molar-refractivity contribution in [2.75, 3.05) is 11.9 Å². The molecule has 0 saturated heterocycles. The number of amides is 1. The van der Waals surface area contributed by atoms with Crippen LogP contribution in [0.3, 0.4) is 0 Å². The van der Waals surface area contributed by atoms with Gasteiger partial charge >= 0.3 is 0 Å². The van der Waals surface area contributed by atoms with Gasteiger partial charge in [0, 0.05) is 0 Å². The first-order valence-electron chi connectivity index (χ1n) is 5.29. The summed E-state index contributed by atoms with van der Waals surface area (Å²) in [4.78, 5) is 11.6. The number of nitrogens with one attached hydrogen (secondary N) is 2. The maximum absolute atomic E-state index is 11.6. The van der Waals surface area contributed by atoms with Gasteiger partial charge in [0.1, 0.15) is 6.04 Å². The first-order chi connectivity index (χ1) is 8.06. The van der Waals surface area contributed by atoms with Crippen LogP contribution in [-0.4, -0.2) is 18.5 Å². The third kappa shape index (κ3) is 3.69. The Balaban J connectivity index is 2.71. The van der Waals surface area contributed by atoms with Gasteiger partial charge in [-0.25, -0.2) is 0 Å². The molecular weight excluding hydrogens is 236 g/mol. The highest BCUT2D eigenvalue weighted by atomic mass is 35.5. The molecular formula is C13H15ClN2O. The summed E-state index contributed by atoms with van der Waals surface area (Å²) < 4.78 is 0. The Morgan fingerprint density at radius 2 is 2.29 bits per heavy atom. The van der Waals surface area contributed by atoms with Crippen LogP contribution in [0.5, 0.6) is 0 Å². The van der Waals surface area contributed by atoms with Crippen LogP contribution < -0.4 is 10.6 Å². The minimum absolute atomic E-state index is 0.151. The summed E-state index contributed by atoms with van der Waals surface area (Å²) in [5, 5.41) is 6.28. The van der Waals surface area contributed by atoms with Crippen LogP contribution >= 0.6 is 11.6 Å². The van der Waals surface area contributed by atoms with Gasteiger partial charge < -0.3 is 10.6 Å². The molecule has 0 fully saturated rings. The third-order valence-corrected chi connectivity index (χ3v) is 2.66. The summed E-state index contributed by atoms with van der Waals surface area (Å²) in [5.74, 6) is 2.20. The SMILES string of the molecule is C#CCNC(=O)C(C)Nc1c(C)cccc1Cl. The molecule has 1 aromatic carbocycles. The van der Waals surface area contributed by atoms with Crippen LogP contribution in [0.15, 0.2) is 18.2 Å². The number of halogens is 1. The van der Waals surface area contributed by atoms with Crippen molar-refractivity contribution < 1.29 is 4.79 Å². The molecule has 90 valence electrons. The van der Waals surface area contributed by atoms with Gasteiger partial charge in [-0.2, -0.15) is 0 Å². The Bertz CT molecular complexity index is 431. The van der Waals surface area contributed by atoms with Crippen LogP contribution in [0.2, 0.25) is 5.02 Å². The summed E-state index contributed by atoms with van der Waals surface area (Å²) >= 11 is 6.06. The van der Waals surface area contributed by atoms with Crippen LogP contribution in [0.4, 0.5) is 5.69 Å². The molecule has 1 aromatic rings. The van der Waals surface area contributed by atoms with E-state index < -0.39 is 0 Å². The molecule has 0 aromatic heterocycles. The zero-order chi connectivity index (χ0) is 12.8. The molecule has 0 aliphatic rings. The molecule has 0 bridgehead atoms. The molecule has 1 amide bonds. The molecule has 17 heavy (non-hydrogen) atoms. The molecule has 1 rings (SSSR count). The van der Waals surface area contributed by atoms with Gasteiger partial charge in [0.25, 0.3) is 0 Å². The highest BCUT2D eigenvalue weighted by Gasteiger charge is 2.14. The fourth-order valence-electron chi connectivity index (χ4n) is 1.39. The minimum Gasteiger partial charge on any atom is -0.372 e. The van der Waals surface area contributed by atoms with Gasteiger partial charge in [0.2, 0.25) is 5.91 Å². The number of benzene rings is 1. The number of carbonyl (C=O) groups excluding carboxylic acids is 1. The molecule has 0 aliphatic carbocycles. The first kappa shape index (κ1) is 13.4. The molecule has 0 saturated carbocycles. The fourth-order valence-corrected chi connectivity index (χ4v) is 1.66. The molecule has 0 aliphatic heterocycles. The number of hydrogen-bond donors (Lipinski definition) is 2. The van der Waals surface area contributed by atoms with Crippen molar-refractivity contribution in [2.45, 2.75) is 19.9 Å². The molecule has 1 atom stereocenters. The molecule has 0 spiro atoms. The second-order valence-electron chi connectivity index (χ2n) is 3.72. The highest BCUT2D eigenvalue weighted by Crippen LogP contribution is 2.25. The van der Waals surface area contributed by atoms with E-state index in [1.165, 1.54) is 0 Å². The van der Waals surface area contributed by atoms with Crippen molar-refractivity contribution in [3.8, 4) is 12.3 Å². The predicted molar refractivity (Wildman–Crippen MR) is 71.1 cm³/mol. The molecule has 3 nitrogen and oxygen atoms in total. The monoisotopic (exact) mass is 250 g/mol. The lowest BCUT2D eigenvalue weighted by Gasteiger charge is -2.17. The number of hydrogen-bond acceptors (Lipinski definition) is 2. The van der Waals surface area contributed by atoms with E-state index in [-0.39, 0.29) is 18.5 Å². The number of anilines is 1. The molecule has 4 heteroatoms. The summed E-state index contributed by atoms with van der Waals surface area (Å²) in [6, 6.07) is 5.19. The molecule has 1 unspecified atom stereocenters. The number of rotatable bonds is 4. The topological polar surface area (TPSA) is 41.1 Å². The van der Waals surface area contributed by atoms with Crippen molar-refractivity contribution in [2.24, 2.45) is 0 Å². The molecule has 0 radical (unpaired) electrons. The first-order valence-corrected chi connectivity index (χ1v) is 5.67. The van der Waals surface area contributed by atoms with Gasteiger partial charge in [-0.3, -0.25) is 4.79 Å². The van der Waals surface area contributed by atoms with Crippen molar-refractivity contribution in [3.05, 3.63) is 28.8 Å². The van der Waals surface area contributed by atoms with E-state index >= 15 is 0 Å². The average Bonchev–Trinajstić information content (AvgIpc) is 2.30. The quantitative estimate of drug-likeness (QED) is 0.805. The summed E-state index contributed by atoms with van der Waals surface area (Å²) in [5.41, 5.74) is 1.77. The standard InChI is InChI=1S/C13H15ClN2O/c1-4-8-15-13(17)10(3)16-12-9(2)6-5-7-11(12)14/h1,5-7,10,16H,8H2,2-3H3,(H,15,17). The lowest BCUT2D eigenvalue weighted by atomic mass is 10.2. The van der Waals surface area contributed by atoms with E-state index in [4.69, 9.17) is 18.0 Å². The van der Waals surface area contributed by atoms with Crippen molar-refractivity contribution >= 4 is 23.2 Å². The molecule has 2 N–H and O–H groups in total. The zero-order valence-corrected chi connectivity index (χ0v) is 10.6. The van der Waals surface area contributed by atoms with Gasteiger partial charge in [0.15, 0.2) is 0 Å². The van der Waals surface area contributed by atoms with E-state index in [2.05, 4.69) is 16.6 Å². The van der Waals surface area contributed by atoms with Crippen LogP contribution in [0.1, 0.15) is 12.5 Å². The smallest absolute Gasteiger partial charge is 0.242 e. The van der Waals surface area contributed by atoms with Crippen molar-refractivity contribution in [1.29, 1.82) is 0 Å². The van der Waals surface area contributed by atoms with E-state index in [9.17, 15) is 4.79 Å². The lowest BCUT2D eigenvalue weighted by molar-refractivity contribution is -0.121. The highest BCUT2D eigenvalue weighted by molar-refractivity contribution is 6.33. The second kappa shape index (κ2) is 6.17. The number of carbonyl (C=O) groups is 1. The van der Waals surface area contributed by atoms with E-state index in [1.807, 2.05) is 19.1 Å². The van der Waals surface area contributed by atoms with E-state index in [0.29, 0.717) is 5.02 Å². The average molecular weight is 251 g/mol. The van der Waals surface area contributed by atoms with Crippen LogP contribution in [0, 0.1) is 19.3 Å². The lowest BCUT2D eigenvalue weighted by Crippen LogP contribution is -2.37. The van der Waals surface area contributed by atoms with Gasteiger partial charge in [-0.05, 0) is 25.5 Å². The maximum atomic E-state index is 11.6. The third-order valence-electron chi connectivity index (χ3n) is 2.34. The Hall–Kier alpha value is -1.66. The Morgan fingerprint density at radius 1 is 1.59 bits per heavy atom. The Morgan fingerprint density at radius 3 is 2.88 bits per heavy atom. The van der Waals surface area contributed by atoms with E-state index in [1.54, 1.807) is 13.0 Å². The number of para-hydroxylation sites is 1. The van der Waals surface area contributed by atoms with Gasteiger partial charge in [-0.1, -0.05) is 29.7 Å². The number of terminal acetylenes is 1. The largest absolute Gasteiger partial charge is 0.372 e. The Labute approximate surface area is 107 Å². The summed E-state index contributed by atoms with van der Waals surface area (Å²) in [6.45, 7) is 3.92. The predicted octanol–water partition coefficient (Wildman–Crippen LogP) is 2.20. The minimum atomic E-state index is -0.387. The number of aryl methyl sites for hydroxylation is 1. The summed E-state index contributed by atoms with van der Waals surface area (Å²) in [6.07, 6.45) is 5.07. The summed E-state index contributed by atoms with van der Waals surface area (Å²) in [7, 11) is 0. The maximum Gasteiger partial charge on any atom is 0.242 e. The van der Waals surface area contributed by atoms with E-state index in [0.717, 1.165) is 11.3 Å². The molecule has 0 heterocycles. The normalized spacial score (nSPS) is 11.4. The van der Waals surface area contributed by atoms with Crippen molar-refractivity contribution in [1.82, 2.24) is 5.32 Å². The van der Waals surface area contributed by atoms with Gasteiger partial charge in [0.05, 0.1) is 17.3 Å². The van der Waals surface area contributed by atoms with Crippen molar-refractivity contribution in [3.63, 3.8) is 0 Å².